The summed E-state index contributed by atoms with van der Waals surface area (Å²) < 4.78 is 93.0. The fourth-order valence-corrected chi connectivity index (χ4v) is 1.48. The minimum Gasteiger partial charge on any atom is -0.168 e. The maximum atomic E-state index is 12.3. The van der Waals surface area contributed by atoms with Crippen molar-refractivity contribution in [3.63, 3.8) is 0 Å². The molecule has 0 aliphatic heterocycles. The van der Waals surface area contributed by atoms with Gasteiger partial charge >= 0.3 is 20.6 Å². The molecule has 0 bridgehead atoms. The number of alkyl halides is 6. The quantitative estimate of drug-likeness (QED) is 0.571. The number of rotatable bonds is 4. The van der Waals surface area contributed by atoms with Gasteiger partial charge in [0, 0.05) is 4.57 Å². The largest absolute Gasteiger partial charge is 0.699 e. The molecule has 0 radical (unpaired) electrons. The highest BCUT2D eigenvalue weighted by Gasteiger charge is 2.59. The fraction of sp³-hybridized carbons (Fsp3) is 1.00. The van der Waals surface area contributed by atoms with E-state index in [0.29, 0.717) is 27.7 Å². The van der Waals surface area contributed by atoms with Gasteiger partial charge < -0.3 is 0 Å². The molecule has 0 fully saturated rings. The van der Waals surface area contributed by atoms with Crippen LogP contribution >= 0.6 is 8.25 Å². The van der Waals surface area contributed by atoms with E-state index in [-0.39, 0.29) is 0 Å². The standard InChI is InChI=1S/C8H12F6O3P/c1-5(2,7(9,10)11)16-18(15)17-6(3,4)8(12,13)14/h1-4H3/q+1. The van der Waals surface area contributed by atoms with Crippen molar-refractivity contribution < 1.29 is 40.0 Å². The third-order valence-electron chi connectivity index (χ3n) is 1.97. The summed E-state index contributed by atoms with van der Waals surface area (Å²) in [5, 5.41) is 0. The molecule has 108 valence electrons. The highest BCUT2D eigenvalue weighted by molar-refractivity contribution is 7.33. The zero-order valence-corrected chi connectivity index (χ0v) is 10.8. The Labute approximate surface area is 100 Å². The number of hydrogen-bond acceptors (Lipinski definition) is 3. The molecule has 0 aliphatic rings. The van der Waals surface area contributed by atoms with E-state index in [4.69, 9.17) is 0 Å². The molecule has 0 rings (SSSR count). The third-order valence-corrected chi connectivity index (χ3v) is 3.18. The second kappa shape index (κ2) is 4.94. The molecule has 0 aliphatic carbocycles. The summed E-state index contributed by atoms with van der Waals surface area (Å²) >= 11 is 0. The van der Waals surface area contributed by atoms with Crippen LogP contribution in [-0.2, 0) is 13.6 Å². The first kappa shape index (κ1) is 17.6. The Morgan fingerprint density at radius 3 is 1.11 bits per heavy atom. The lowest BCUT2D eigenvalue weighted by Gasteiger charge is -2.23. The Morgan fingerprint density at radius 1 is 0.722 bits per heavy atom. The van der Waals surface area contributed by atoms with Crippen LogP contribution in [0.15, 0.2) is 0 Å². The van der Waals surface area contributed by atoms with E-state index in [1.807, 2.05) is 0 Å². The zero-order valence-electron chi connectivity index (χ0n) is 9.94. The van der Waals surface area contributed by atoms with E-state index in [2.05, 4.69) is 9.05 Å². The highest BCUT2D eigenvalue weighted by atomic mass is 31.1. The van der Waals surface area contributed by atoms with Crippen molar-refractivity contribution in [1.82, 2.24) is 0 Å². The first-order valence-electron chi connectivity index (χ1n) is 4.59. The smallest absolute Gasteiger partial charge is 0.168 e. The summed E-state index contributed by atoms with van der Waals surface area (Å²) in [6, 6.07) is 0. The average Bonchev–Trinajstić information content (AvgIpc) is 1.95. The zero-order chi connectivity index (χ0) is 15.0. The summed E-state index contributed by atoms with van der Waals surface area (Å²) in [4.78, 5) is 0. The Hall–Kier alpha value is -0.400. The van der Waals surface area contributed by atoms with Gasteiger partial charge in [0.05, 0.1) is 0 Å². The van der Waals surface area contributed by atoms with Crippen molar-refractivity contribution in [2.24, 2.45) is 0 Å². The van der Waals surface area contributed by atoms with Crippen LogP contribution in [0.4, 0.5) is 26.3 Å². The predicted octanol–water partition coefficient (Wildman–Crippen LogP) is 4.36. The van der Waals surface area contributed by atoms with Crippen molar-refractivity contribution in [3.8, 4) is 0 Å². The van der Waals surface area contributed by atoms with Crippen molar-refractivity contribution in [2.75, 3.05) is 0 Å². The third kappa shape index (κ3) is 4.37. The maximum Gasteiger partial charge on any atom is 0.699 e. The molecule has 0 aromatic heterocycles. The van der Waals surface area contributed by atoms with Crippen LogP contribution in [0, 0.1) is 0 Å². The molecule has 0 saturated carbocycles. The SMILES string of the molecule is CC(C)(O[P+](=O)OC(C)(C)C(F)(F)F)C(F)(F)F. The molecule has 0 unspecified atom stereocenters. The maximum absolute atomic E-state index is 12.3. The monoisotopic (exact) mass is 301 g/mol. The van der Waals surface area contributed by atoms with Gasteiger partial charge in [-0.05, 0) is 27.7 Å². The van der Waals surface area contributed by atoms with Crippen LogP contribution in [0.5, 0.6) is 0 Å². The van der Waals surface area contributed by atoms with Crippen LogP contribution < -0.4 is 0 Å². The van der Waals surface area contributed by atoms with Gasteiger partial charge in [-0.25, -0.2) is 0 Å². The van der Waals surface area contributed by atoms with Crippen LogP contribution in [-0.4, -0.2) is 23.6 Å². The molecule has 18 heavy (non-hydrogen) atoms. The molecule has 3 nitrogen and oxygen atoms in total. The van der Waals surface area contributed by atoms with E-state index in [0.717, 1.165) is 0 Å². The van der Waals surface area contributed by atoms with Crippen molar-refractivity contribution in [1.29, 1.82) is 0 Å². The van der Waals surface area contributed by atoms with E-state index in [1.54, 1.807) is 0 Å². The molecule has 0 amide bonds. The Kier molecular flexibility index (Phi) is 4.83. The molecule has 10 heteroatoms. The van der Waals surface area contributed by atoms with Crippen LogP contribution in [0.2, 0.25) is 0 Å². The van der Waals surface area contributed by atoms with Gasteiger partial charge in [-0.2, -0.15) is 26.3 Å². The first-order chi connectivity index (χ1) is 7.60. The number of halogens is 6. The summed E-state index contributed by atoms with van der Waals surface area (Å²) in [5.41, 5.74) is -5.75. The lowest BCUT2D eigenvalue weighted by atomic mass is 10.1. The molecule has 0 N–H and O–H groups in total. The second-order valence-corrected chi connectivity index (χ2v) is 5.23. The lowest BCUT2D eigenvalue weighted by Crippen LogP contribution is -2.42. The summed E-state index contributed by atoms with van der Waals surface area (Å²) in [6.45, 7) is 2.13. The fourth-order valence-electron chi connectivity index (χ4n) is 0.495. The molecule has 0 saturated heterocycles. The van der Waals surface area contributed by atoms with Gasteiger partial charge in [0.25, 0.3) is 0 Å². The van der Waals surface area contributed by atoms with Gasteiger partial charge in [-0.15, -0.1) is 9.05 Å². The van der Waals surface area contributed by atoms with Crippen molar-refractivity contribution >= 4 is 8.25 Å². The van der Waals surface area contributed by atoms with Gasteiger partial charge in [0.2, 0.25) is 11.2 Å². The van der Waals surface area contributed by atoms with E-state index in [1.165, 1.54) is 0 Å². The van der Waals surface area contributed by atoms with Crippen LogP contribution in [0.25, 0.3) is 0 Å². The van der Waals surface area contributed by atoms with E-state index >= 15 is 0 Å². The van der Waals surface area contributed by atoms with Gasteiger partial charge in [-0.3, -0.25) is 0 Å². The van der Waals surface area contributed by atoms with Gasteiger partial charge in [-0.1, -0.05) is 0 Å². The average molecular weight is 301 g/mol. The molecule has 0 spiro atoms. The Balaban J connectivity index is 4.75. The lowest BCUT2D eigenvalue weighted by molar-refractivity contribution is -0.250. The normalized spacial score (nSPS) is 14.8. The molecule has 0 aromatic carbocycles. The van der Waals surface area contributed by atoms with Crippen LogP contribution in [0.1, 0.15) is 27.7 Å². The molecule has 0 atom stereocenters. The van der Waals surface area contributed by atoms with Crippen LogP contribution in [0.3, 0.4) is 0 Å². The summed E-state index contributed by atoms with van der Waals surface area (Å²) in [6.07, 6.45) is -9.77. The molecular formula is C8H12F6O3P+. The highest BCUT2D eigenvalue weighted by Crippen LogP contribution is 2.46. The molecule has 0 heterocycles. The summed E-state index contributed by atoms with van der Waals surface area (Å²) in [7, 11) is -3.58. The summed E-state index contributed by atoms with van der Waals surface area (Å²) in [5.74, 6) is 0. The van der Waals surface area contributed by atoms with E-state index in [9.17, 15) is 30.9 Å². The predicted molar refractivity (Wildman–Crippen MR) is 50.0 cm³/mol. The minimum absolute atomic E-state index is 0.532. The molecule has 0 aromatic rings. The Morgan fingerprint density at radius 2 is 0.944 bits per heavy atom. The molecular weight excluding hydrogens is 289 g/mol. The van der Waals surface area contributed by atoms with Crippen molar-refractivity contribution in [2.45, 2.75) is 51.2 Å². The van der Waals surface area contributed by atoms with E-state index < -0.39 is 31.8 Å². The first-order valence-corrected chi connectivity index (χ1v) is 5.69. The van der Waals surface area contributed by atoms with Gasteiger partial charge in [0.15, 0.2) is 0 Å². The van der Waals surface area contributed by atoms with Gasteiger partial charge in [0.1, 0.15) is 0 Å². The number of hydrogen-bond donors (Lipinski definition) is 0. The minimum atomic E-state index is -4.89. The Bertz CT molecular complexity index is 290. The second-order valence-electron chi connectivity index (χ2n) is 4.42. The topological polar surface area (TPSA) is 35.5 Å². The van der Waals surface area contributed by atoms with Crippen molar-refractivity contribution in [3.05, 3.63) is 0 Å².